The third-order valence-corrected chi connectivity index (χ3v) is 5.35. The molecular formula is C22H15N3O2S. The first-order valence-corrected chi connectivity index (χ1v) is 9.65. The first kappa shape index (κ1) is 16.6. The van der Waals surface area contributed by atoms with Gasteiger partial charge in [0.25, 0.3) is 5.56 Å². The highest BCUT2D eigenvalue weighted by Gasteiger charge is 2.12. The molecule has 0 spiro atoms. The van der Waals surface area contributed by atoms with E-state index in [0.29, 0.717) is 21.9 Å². The van der Waals surface area contributed by atoms with Crippen molar-refractivity contribution >= 4 is 40.6 Å². The molecule has 0 bridgehead atoms. The Labute approximate surface area is 164 Å². The average Bonchev–Trinajstić information content (AvgIpc) is 3.26. The fraction of sp³-hybridized carbons (Fsp3) is 0.0455. The summed E-state index contributed by atoms with van der Waals surface area (Å²) in [7, 11) is 0. The Morgan fingerprint density at radius 2 is 1.86 bits per heavy atom. The second kappa shape index (κ2) is 6.90. The summed E-state index contributed by atoms with van der Waals surface area (Å²) in [6.07, 6.45) is 7.64. The van der Waals surface area contributed by atoms with Crippen LogP contribution in [0.3, 0.4) is 0 Å². The summed E-state index contributed by atoms with van der Waals surface area (Å²) in [4.78, 5) is 17.7. The van der Waals surface area contributed by atoms with Crippen molar-refractivity contribution < 1.29 is 4.74 Å². The van der Waals surface area contributed by atoms with Gasteiger partial charge in [0, 0.05) is 5.56 Å². The Hall–Kier alpha value is -3.51. The van der Waals surface area contributed by atoms with Gasteiger partial charge in [-0.2, -0.15) is 9.50 Å². The number of para-hydroxylation sites is 1. The van der Waals surface area contributed by atoms with E-state index in [0.717, 1.165) is 22.4 Å². The monoisotopic (exact) mass is 385 g/mol. The van der Waals surface area contributed by atoms with Gasteiger partial charge in [-0.1, -0.05) is 65.9 Å². The number of rotatable bonds is 3. The van der Waals surface area contributed by atoms with E-state index in [1.807, 2.05) is 78.9 Å². The molecule has 3 heterocycles. The molecule has 5 nitrogen and oxygen atoms in total. The van der Waals surface area contributed by atoms with Crippen molar-refractivity contribution in [2.75, 3.05) is 6.61 Å². The van der Waals surface area contributed by atoms with Crippen molar-refractivity contribution in [3.63, 3.8) is 0 Å². The molecule has 5 rings (SSSR count). The minimum absolute atomic E-state index is 0.161. The van der Waals surface area contributed by atoms with Gasteiger partial charge in [0.1, 0.15) is 12.4 Å². The standard InChI is InChI=1S/C22H15N3O2S/c26-21-19(13-16-12-17-8-4-5-9-18(17)27-14-16)28-22-23-20(24-25(21)22)11-10-15-6-2-1-3-7-15/h1-13H,14H2/b11-10+,19-13-. The van der Waals surface area contributed by atoms with Crippen LogP contribution in [0.25, 0.3) is 29.3 Å². The fourth-order valence-electron chi connectivity index (χ4n) is 3.04. The Kier molecular flexibility index (Phi) is 4.10. The minimum Gasteiger partial charge on any atom is -0.488 e. The molecule has 0 saturated carbocycles. The van der Waals surface area contributed by atoms with Crippen LogP contribution >= 0.6 is 11.3 Å². The third kappa shape index (κ3) is 3.14. The molecule has 4 aromatic rings. The van der Waals surface area contributed by atoms with Gasteiger partial charge in [0.05, 0.1) is 4.53 Å². The van der Waals surface area contributed by atoms with Crippen molar-refractivity contribution in [2.45, 2.75) is 0 Å². The van der Waals surface area contributed by atoms with Crippen LogP contribution in [0.5, 0.6) is 5.75 Å². The number of hydrogen-bond acceptors (Lipinski definition) is 5. The van der Waals surface area contributed by atoms with Gasteiger partial charge < -0.3 is 4.74 Å². The summed E-state index contributed by atoms with van der Waals surface area (Å²) in [6.45, 7) is 0.440. The molecule has 28 heavy (non-hydrogen) atoms. The van der Waals surface area contributed by atoms with Crippen molar-refractivity contribution in [3.05, 3.63) is 92.0 Å². The molecular weight excluding hydrogens is 370 g/mol. The zero-order chi connectivity index (χ0) is 18.9. The van der Waals surface area contributed by atoms with E-state index < -0.39 is 0 Å². The largest absolute Gasteiger partial charge is 0.488 e. The molecule has 0 saturated heterocycles. The molecule has 0 N–H and O–H groups in total. The maximum atomic E-state index is 12.7. The quantitative estimate of drug-likeness (QED) is 0.543. The SMILES string of the molecule is O=c1/c(=C/C2=Cc3ccccc3OC2)sc2nc(/C=C/c3ccccc3)nn12. The number of aromatic nitrogens is 3. The lowest BCUT2D eigenvalue weighted by atomic mass is 10.1. The summed E-state index contributed by atoms with van der Waals surface area (Å²) >= 11 is 1.33. The van der Waals surface area contributed by atoms with Crippen LogP contribution in [0.2, 0.25) is 0 Å². The van der Waals surface area contributed by atoms with E-state index >= 15 is 0 Å². The fourth-order valence-corrected chi connectivity index (χ4v) is 3.97. The zero-order valence-electron chi connectivity index (χ0n) is 14.8. The maximum absolute atomic E-state index is 12.7. The average molecular weight is 385 g/mol. The van der Waals surface area contributed by atoms with Gasteiger partial charge >= 0.3 is 0 Å². The van der Waals surface area contributed by atoms with Crippen LogP contribution in [0.15, 0.2) is 65.0 Å². The highest BCUT2D eigenvalue weighted by Crippen LogP contribution is 2.26. The minimum atomic E-state index is -0.161. The smallest absolute Gasteiger partial charge is 0.291 e. The lowest BCUT2D eigenvalue weighted by molar-refractivity contribution is 0.352. The van der Waals surface area contributed by atoms with E-state index in [4.69, 9.17) is 4.74 Å². The van der Waals surface area contributed by atoms with E-state index in [1.54, 1.807) is 0 Å². The van der Waals surface area contributed by atoms with Crippen molar-refractivity contribution in [2.24, 2.45) is 0 Å². The van der Waals surface area contributed by atoms with Crippen molar-refractivity contribution in [3.8, 4) is 5.75 Å². The van der Waals surface area contributed by atoms with Crippen molar-refractivity contribution in [1.82, 2.24) is 14.6 Å². The molecule has 1 aliphatic rings. The number of fused-ring (bicyclic) bond motifs is 2. The van der Waals surface area contributed by atoms with Gasteiger partial charge in [0.2, 0.25) is 4.96 Å². The first-order chi connectivity index (χ1) is 13.8. The molecule has 6 heteroatoms. The molecule has 0 amide bonds. The third-order valence-electron chi connectivity index (χ3n) is 4.39. The number of thiazole rings is 1. The molecule has 1 aliphatic heterocycles. The van der Waals surface area contributed by atoms with E-state index in [-0.39, 0.29) is 5.56 Å². The molecule has 136 valence electrons. The second-order valence-corrected chi connectivity index (χ2v) is 7.38. The summed E-state index contributed by atoms with van der Waals surface area (Å²) in [5, 5.41) is 4.32. The molecule has 2 aromatic carbocycles. The first-order valence-electron chi connectivity index (χ1n) is 8.83. The normalized spacial score (nSPS) is 14.3. The Balaban J connectivity index is 1.48. The molecule has 0 unspecified atom stereocenters. The number of ether oxygens (including phenoxy) is 1. The number of nitrogens with zero attached hydrogens (tertiary/aromatic N) is 3. The Bertz CT molecular complexity index is 1330. The van der Waals surface area contributed by atoms with Gasteiger partial charge in [-0.15, -0.1) is 5.10 Å². The summed E-state index contributed by atoms with van der Waals surface area (Å²) in [5.41, 5.74) is 2.86. The van der Waals surface area contributed by atoms with Crippen LogP contribution in [0.1, 0.15) is 17.0 Å². The molecule has 0 aliphatic carbocycles. The van der Waals surface area contributed by atoms with Gasteiger partial charge in [-0.25, -0.2) is 0 Å². The molecule has 0 fully saturated rings. The molecule has 0 atom stereocenters. The van der Waals surface area contributed by atoms with E-state index in [2.05, 4.69) is 10.1 Å². The summed E-state index contributed by atoms with van der Waals surface area (Å²) < 4.78 is 7.71. The zero-order valence-corrected chi connectivity index (χ0v) is 15.6. The summed E-state index contributed by atoms with van der Waals surface area (Å²) in [5.74, 6) is 1.38. The summed E-state index contributed by atoms with van der Waals surface area (Å²) in [6, 6.07) is 17.8. The van der Waals surface area contributed by atoms with Crippen LogP contribution in [0, 0.1) is 0 Å². The highest BCUT2D eigenvalue weighted by molar-refractivity contribution is 7.15. The van der Waals surface area contributed by atoms with E-state index in [1.165, 1.54) is 15.9 Å². The van der Waals surface area contributed by atoms with Crippen LogP contribution < -0.4 is 14.8 Å². The Morgan fingerprint density at radius 3 is 2.71 bits per heavy atom. The van der Waals surface area contributed by atoms with Gasteiger partial charge in [-0.3, -0.25) is 4.79 Å². The topological polar surface area (TPSA) is 56.5 Å². The predicted molar refractivity (Wildman–Crippen MR) is 112 cm³/mol. The van der Waals surface area contributed by atoms with Crippen LogP contribution in [-0.4, -0.2) is 21.2 Å². The predicted octanol–water partition coefficient (Wildman–Crippen LogP) is 3.30. The highest BCUT2D eigenvalue weighted by atomic mass is 32.1. The van der Waals surface area contributed by atoms with Crippen LogP contribution in [-0.2, 0) is 0 Å². The van der Waals surface area contributed by atoms with Crippen molar-refractivity contribution in [1.29, 1.82) is 0 Å². The number of benzene rings is 2. The van der Waals surface area contributed by atoms with E-state index in [9.17, 15) is 4.79 Å². The lowest BCUT2D eigenvalue weighted by Crippen LogP contribution is -2.24. The lowest BCUT2D eigenvalue weighted by Gasteiger charge is -2.15. The van der Waals surface area contributed by atoms with Crippen LogP contribution in [0.4, 0.5) is 0 Å². The molecule has 2 aromatic heterocycles. The second-order valence-electron chi connectivity index (χ2n) is 6.37. The Morgan fingerprint density at radius 1 is 1.04 bits per heavy atom. The number of hydrogen-bond donors (Lipinski definition) is 0. The van der Waals surface area contributed by atoms with Gasteiger partial charge in [-0.05, 0) is 35.4 Å². The van der Waals surface area contributed by atoms with Gasteiger partial charge in [0.15, 0.2) is 5.82 Å². The molecule has 0 radical (unpaired) electrons. The maximum Gasteiger partial charge on any atom is 0.291 e.